The number of aryl methyl sites for hydroxylation is 1. The van der Waals surface area contributed by atoms with Crippen LogP contribution in [-0.4, -0.2) is 30.5 Å². The van der Waals surface area contributed by atoms with Crippen LogP contribution in [0.2, 0.25) is 0 Å². The summed E-state index contributed by atoms with van der Waals surface area (Å²) in [4.78, 5) is 25.8. The monoisotopic (exact) mass is 467 g/mol. The molecule has 0 saturated carbocycles. The van der Waals surface area contributed by atoms with Crippen LogP contribution in [0.15, 0.2) is 66.7 Å². The molecule has 6 heteroatoms. The summed E-state index contributed by atoms with van der Waals surface area (Å²) >= 11 is 0. The van der Waals surface area contributed by atoms with Crippen molar-refractivity contribution in [3.05, 3.63) is 72.3 Å². The van der Waals surface area contributed by atoms with Gasteiger partial charge in [0, 0.05) is 52.6 Å². The van der Waals surface area contributed by atoms with Crippen molar-refractivity contribution in [3.63, 3.8) is 0 Å². The topological polar surface area (TPSA) is 74.9 Å². The van der Waals surface area contributed by atoms with Crippen molar-refractivity contribution in [2.45, 2.75) is 33.2 Å². The fraction of sp³-hybridized carbons (Fsp3) is 0.276. The molecule has 0 spiro atoms. The molecule has 0 bridgehead atoms. The van der Waals surface area contributed by atoms with Crippen LogP contribution in [0.25, 0.3) is 21.8 Å². The molecule has 0 aliphatic heterocycles. The zero-order chi connectivity index (χ0) is 25.2. The van der Waals surface area contributed by atoms with Crippen molar-refractivity contribution in [1.82, 2.24) is 9.05 Å². The molecule has 4 rings (SSSR count). The van der Waals surface area contributed by atoms with Crippen molar-refractivity contribution in [2.75, 3.05) is 19.4 Å². The van der Waals surface area contributed by atoms with Gasteiger partial charge in [-0.15, -0.1) is 0 Å². The Morgan fingerprint density at radius 1 is 0.971 bits per heavy atom. The van der Waals surface area contributed by atoms with Gasteiger partial charge in [-0.1, -0.05) is 25.1 Å². The van der Waals surface area contributed by atoms with E-state index in [-0.39, 0.29) is 28.6 Å². The molecule has 1 heterocycles. The van der Waals surface area contributed by atoms with Crippen molar-refractivity contribution in [1.29, 1.82) is 5.26 Å². The van der Waals surface area contributed by atoms with E-state index >= 15 is 0 Å². The van der Waals surface area contributed by atoms with E-state index in [1.54, 1.807) is 24.3 Å². The van der Waals surface area contributed by atoms with E-state index in [0.29, 0.717) is 17.7 Å². The van der Waals surface area contributed by atoms with Gasteiger partial charge in [0.05, 0.1) is 32.1 Å². The number of nitriles is 1. The first kappa shape index (κ1) is 24.2. The van der Waals surface area contributed by atoms with Gasteiger partial charge in [0.25, 0.3) is 0 Å². The molecule has 0 radical (unpaired) electrons. The minimum atomic E-state index is -0.144. The number of hydrogen-bond acceptors (Lipinski definition) is 3. The number of quaternary nitrogens is 1. The molecule has 1 N–H and O–H groups in total. The third kappa shape index (κ3) is 4.82. The third-order valence-corrected chi connectivity index (χ3v) is 6.70. The van der Waals surface area contributed by atoms with Gasteiger partial charge < -0.3 is 9.88 Å². The average Bonchev–Trinajstić information content (AvgIpc) is 3.17. The number of benzene rings is 3. The second-order valence-electron chi connectivity index (χ2n) is 9.56. The van der Waals surface area contributed by atoms with E-state index in [2.05, 4.69) is 53.2 Å². The summed E-state index contributed by atoms with van der Waals surface area (Å²) in [7, 11) is 3.82. The van der Waals surface area contributed by atoms with E-state index in [9.17, 15) is 9.59 Å². The minimum absolute atomic E-state index is 0.0576. The van der Waals surface area contributed by atoms with Gasteiger partial charge in [-0.05, 0) is 49.2 Å². The number of carbonyl (C=O) groups is 2. The number of amides is 2. The van der Waals surface area contributed by atoms with E-state index in [1.165, 1.54) is 10.9 Å². The highest BCUT2D eigenvalue weighted by Gasteiger charge is 2.31. The van der Waals surface area contributed by atoms with Gasteiger partial charge in [-0.25, -0.2) is 9.28 Å². The van der Waals surface area contributed by atoms with Crippen LogP contribution in [0.4, 0.5) is 11.4 Å². The lowest BCUT2D eigenvalue weighted by atomic mass is 10.0. The highest BCUT2D eigenvalue weighted by Crippen LogP contribution is 2.33. The molecule has 35 heavy (non-hydrogen) atoms. The molecule has 0 fully saturated rings. The molecule has 1 aromatic heterocycles. The van der Waals surface area contributed by atoms with E-state index in [0.717, 1.165) is 23.1 Å². The summed E-state index contributed by atoms with van der Waals surface area (Å²) in [5, 5.41) is 14.1. The van der Waals surface area contributed by atoms with Crippen molar-refractivity contribution >= 4 is 45.0 Å². The van der Waals surface area contributed by atoms with E-state index in [1.807, 2.05) is 33.2 Å². The molecule has 1 atom stereocenters. The first-order chi connectivity index (χ1) is 16.7. The van der Waals surface area contributed by atoms with Crippen molar-refractivity contribution in [3.8, 4) is 6.07 Å². The van der Waals surface area contributed by atoms with Crippen molar-refractivity contribution in [2.24, 2.45) is 5.92 Å². The summed E-state index contributed by atoms with van der Waals surface area (Å²) < 4.78 is 2.41. The highest BCUT2D eigenvalue weighted by molar-refractivity contribution is 6.09. The predicted octanol–water partition coefficient (Wildman–Crippen LogP) is 5.83. The molecule has 0 aliphatic carbocycles. The van der Waals surface area contributed by atoms with Crippen LogP contribution >= 0.6 is 0 Å². The van der Waals surface area contributed by atoms with Gasteiger partial charge >= 0.3 is 5.91 Å². The number of nitrogens with one attached hydrogen (secondary N) is 1. The average molecular weight is 468 g/mol. The molecule has 3 aromatic carbocycles. The highest BCUT2D eigenvalue weighted by atomic mass is 16.2. The van der Waals surface area contributed by atoms with Crippen LogP contribution in [0.3, 0.4) is 0 Å². The lowest BCUT2D eigenvalue weighted by molar-refractivity contribution is -0.129. The van der Waals surface area contributed by atoms with Crippen molar-refractivity contribution < 1.29 is 9.59 Å². The fourth-order valence-corrected chi connectivity index (χ4v) is 4.63. The second kappa shape index (κ2) is 9.73. The summed E-state index contributed by atoms with van der Waals surface area (Å²) in [5.74, 6) is -0.194. The fourth-order valence-electron chi connectivity index (χ4n) is 4.63. The molecule has 178 valence electrons. The Hall–Kier alpha value is -3.95. The number of nitrogens with zero attached hydrogens (tertiary/aromatic N) is 3. The largest absolute Gasteiger partial charge is 0.341 e. The Morgan fingerprint density at radius 2 is 1.66 bits per heavy atom. The standard InChI is InChI=1S/C29H30N4O2/c1-5-32-26-9-7-6-8-24(26)25-18-23(14-15-27(25)32)33(3,4)29(35)17-20(2)16-28(34)31-22-12-10-21(19-30)11-13-22/h6-15,18,20H,5,16-17H2,1-4H3/p+1. The smallest absolute Gasteiger partial charge is 0.318 e. The van der Waals surface area contributed by atoms with E-state index < -0.39 is 0 Å². The lowest BCUT2D eigenvalue weighted by Gasteiger charge is -2.27. The van der Waals surface area contributed by atoms with Crippen LogP contribution in [-0.2, 0) is 16.1 Å². The maximum absolute atomic E-state index is 13.4. The molecule has 0 saturated heterocycles. The van der Waals surface area contributed by atoms with Crippen LogP contribution in [0, 0.1) is 17.2 Å². The van der Waals surface area contributed by atoms with Gasteiger partial charge in [-0.2, -0.15) is 5.26 Å². The number of para-hydroxylation sites is 1. The third-order valence-electron chi connectivity index (χ3n) is 6.70. The number of anilines is 1. The number of hydrogen-bond donors (Lipinski definition) is 1. The number of rotatable bonds is 7. The molecule has 0 aliphatic rings. The molecule has 2 amide bonds. The second-order valence-corrected chi connectivity index (χ2v) is 9.56. The van der Waals surface area contributed by atoms with Gasteiger partial charge in [0.2, 0.25) is 5.91 Å². The summed E-state index contributed by atoms with van der Waals surface area (Å²) in [6, 6.07) is 23.4. The number of fused-ring (bicyclic) bond motifs is 3. The molecule has 1 unspecified atom stereocenters. The first-order valence-corrected chi connectivity index (χ1v) is 11.9. The summed E-state index contributed by atoms with van der Waals surface area (Å²) in [5.41, 5.74) is 4.47. The Kier molecular flexibility index (Phi) is 6.72. The maximum atomic E-state index is 13.4. The Balaban J connectivity index is 1.48. The van der Waals surface area contributed by atoms with Gasteiger partial charge in [0.15, 0.2) is 0 Å². The zero-order valence-electron chi connectivity index (χ0n) is 20.7. The Morgan fingerprint density at radius 3 is 2.34 bits per heavy atom. The quantitative estimate of drug-likeness (QED) is 0.347. The minimum Gasteiger partial charge on any atom is -0.341 e. The molecular formula is C29H31N4O2+. The number of aromatic nitrogens is 1. The summed E-state index contributed by atoms with van der Waals surface area (Å²) in [6.45, 7) is 4.94. The SMILES string of the molecule is CCn1c2ccccc2c2cc([N+](C)(C)C(=O)CC(C)CC(=O)Nc3ccc(C#N)cc3)ccc21. The molecule has 6 nitrogen and oxygen atoms in total. The Bertz CT molecular complexity index is 1440. The van der Waals surface area contributed by atoms with Crippen LogP contribution < -0.4 is 9.80 Å². The molecular weight excluding hydrogens is 436 g/mol. The predicted molar refractivity (Wildman–Crippen MR) is 142 cm³/mol. The number of carbonyl (C=O) groups excluding carboxylic acids is 2. The van der Waals surface area contributed by atoms with E-state index in [4.69, 9.17) is 5.26 Å². The van der Waals surface area contributed by atoms with Gasteiger partial charge in [-0.3, -0.25) is 4.79 Å². The molecule has 4 aromatic rings. The lowest BCUT2D eigenvalue weighted by Crippen LogP contribution is -2.47. The van der Waals surface area contributed by atoms with Crippen LogP contribution in [0.5, 0.6) is 0 Å². The zero-order valence-corrected chi connectivity index (χ0v) is 20.7. The Labute approximate surface area is 206 Å². The summed E-state index contributed by atoms with van der Waals surface area (Å²) in [6.07, 6.45) is 0.539. The van der Waals surface area contributed by atoms with Crippen LogP contribution in [0.1, 0.15) is 32.3 Å². The first-order valence-electron chi connectivity index (χ1n) is 11.9. The maximum Gasteiger partial charge on any atom is 0.318 e. The van der Waals surface area contributed by atoms with Gasteiger partial charge in [0.1, 0.15) is 5.69 Å². The normalized spacial score (nSPS) is 12.4.